The number of rotatable bonds is 14. The number of ether oxygens (including phenoxy) is 2. The molecule has 6 nitrogen and oxygen atoms in total. The molecule has 0 heterocycles. The molecule has 4 aromatic carbocycles. The fourth-order valence-corrected chi connectivity index (χ4v) is 4.70. The van der Waals surface area contributed by atoms with Crippen LogP contribution in [-0.2, 0) is 35.5 Å². The molecule has 0 saturated carbocycles. The van der Waals surface area contributed by atoms with Gasteiger partial charge in [0, 0.05) is 6.04 Å². The average Bonchev–Trinajstić information content (AvgIpc) is 3.03. The highest BCUT2D eigenvalue weighted by molar-refractivity contribution is 5.68. The summed E-state index contributed by atoms with van der Waals surface area (Å²) in [6, 6.07) is 38.6. The SMILES string of the molecule is C=C(CC(Cc1ccccc1)NC(=O)OCc1ccccc1)C(CCc1ccccc1)NC(=O)OCc1ccccc1. The second-order valence-electron chi connectivity index (χ2n) is 10.2. The summed E-state index contributed by atoms with van der Waals surface area (Å²) in [6.45, 7) is 4.72. The molecule has 2 N–H and O–H groups in total. The molecule has 42 heavy (non-hydrogen) atoms. The molecule has 4 aromatic rings. The van der Waals surface area contributed by atoms with Gasteiger partial charge in [0.2, 0.25) is 0 Å². The standard InChI is InChI=1S/C36H38N2O4/c1-28(24-33(25-30-16-8-3-9-17-30)37-35(39)41-26-31-18-10-4-11-19-31)34(23-22-29-14-6-2-7-15-29)38-36(40)42-27-32-20-12-5-13-21-32/h2-21,33-34H,1,22-27H2,(H,37,39)(H,38,40). The van der Waals surface area contributed by atoms with Gasteiger partial charge in [0.25, 0.3) is 0 Å². The van der Waals surface area contributed by atoms with Crippen LogP contribution in [0, 0.1) is 0 Å². The normalized spacial score (nSPS) is 12.0. The summed E-state index contributed by atoms with van der Waals surface area (Å²) >= 11 is 0. The first-order chi connectivity index (χ1) is 20.5. The maximum absolute atomic E-state index is 12.9. The summed E-state index contributed by atoms with van der Waals surface area (Å²) in [6.07, 6.45) is 1.42. The molecule has 0 fully saturated rings. The number of alkyl carbamates (subject to hydrolysis) is 2. The van der Waals surface area contributed by atoms with Crippen LogP contribution in [0.5, 0.6) is 0 Å². The molecule has 0 radical (unpaired) electrons. The van der Waals surface area contributed by atoms with Gasteiger partial charge < -0.3 is 20.1 Å². The quantitative estimate of drug-likeness (QED) is 0.157. The van der Waals surface area contributed by atoms with E-state index in [2.05, 4.69) is 29.3 Å². The van der Waals surface area contributed by atoms with Gasteiger partial charge in [-0.3, -0.25) is 0 Å². The van der Waals surface area contributed by atoms with Gasteiger partial charge in [-0.1, -0.05) is 133 Å². The predicted octanol–water partition coefficient (Wildman–Crippen LogP) is 7.40. The highest BCUT2D eigenvalue weighted by Crippen LogP contribution is 2.18. The zero-order valence-corrected chi connectivity index (χ0v) is 23.8. The smallest absolute Gasteiger partial charge is 0.407 e. The third kappa shape index (κ3) is 10.6. The molecule has 0 bridgehead atoms. The van der Waals surface area contributed by atoms with E-state index in [9.17, 15) is 9.59 Å². The van der Waals surface area contributed by atoms with Gasteiger partial charge in [-0.25, -0.2) is 9.59 Å². The lowest BCUT2D eigenvalue weighted by Crippen LogP contribution is -2.41. The summed E-state index contributed by atoms with van der Waals surface area (Å²) in [5, 5.41) is 6.05. The zero-order valence-electron chi connectivity index (χ0n) is 23.8. The molecule has 6 heteroatoms. The van der Waals surface area contributed by atoms with Crippen LogP contribution >= 0.6 is 0 Å². The Morgan fingerprint density at radius 1 is 0.595 bits per heavy atom. The number of hydrogen-bond acceptors (Lipinski definition) is 4. The van der Waals surface area contributed by atoms with Crippen LogP contribution in [0.1, 0.15) is 35.1 Å². The Morgan fingerprint density at radius 2 is 1.02 bits per heavy atom. The first-order valence-electron chi connectivity index (χ1n) is 14.2. The zero-order chi connectivity index (χ0) is 29.4. The number of amides is 2. The second kappa shape index (κ2) is 16.4. The molecule has 0 saturated heterocycles. The summed E-state index contributed by atoms with van der Waals surface area (Å²) in [5.41, 5.74) is 4.86. The lowest BCUT2D eigenvalue weighted by molar-refractivity contribution is 0.133. The molecule has 0 aromatic heterocycles. The van der Waals surface area contributed by atoms with Crippen LogP contribution in [0.2, 0.25) is 0 Å². The van der Waals surface area contributed by atoms with Crippen molar-refractivity contribution in [1.82, 2.24) is 10.6 Å². The number of carbonyl (C=O) groups is 2. The van der Waals surface area contributed by atoms with Crippen LogP contribution in [0.25, 0.3) is 0 Å². The summed E-state index contributed by atoms with van der Waals surface area (Å²) in [4.78, 5) is 25.7. The van der Waals surface area contributed by atoms with Crippen LogP contribution < -0.4 is 10.6 Å². The van der Waals surface area contributed by atoms with Crippen molar-refractivity contribution in [2.45, 2.75) is 51.0 Å². The Bertz CT molecular complexity index is 1380. The van der Waals surface area contributed by atoms with Gasteiger partial charge in [0.05, 0.1) is 6.04 Å². The minimum atomic E-state index is -0.507. The van der Waals surface area contributed by atoms with Crippen LogP contribution in [0.15, 0.2) is 133 Å². The van der Waals surface area contributed by atoms with E-state index in [1.165, 1.54) is 5.56 Å². The van der Waals surface area contributed by atoms with Gasteiger partial charge in [-0.2, -0.15) is 0 Å². The summed E-state index contributed by atoms with van der Waals surface area (Å²) in [7, 11) is 0. The summed E-state index contributed by atoms with van der Waals surface area (Å²) < 4.78 is 11.0. The fraction of sp³-hybridized carbons (Fsp3) is 0.222. The Hall–Kier alpha value is -4.84. The van der Waals surface area contributed by atoms with Crippen molar-refractivity contribution in [2.24, 2.45) is 0 Å². The van der Waals surface area contributed by atoms with E-state index in [1.807, 2.05) is 109 Å². The van der Waals surface area contributed by atoms with Gasteiger partial charge in [-0.05, 0) is 47.9 Å². The molecule has 2 amide bonds. The van der Waals surface area contributed by atoms with E-state index in [0.29, 0.717) is 19.3 Å². The van der Waals surface area contributed by atoms with Crippen molar-refractivity contribution in [2.75, 3.05) is 0 Å². The largest absolute Gasteiger partial charge is 0.445 e. The monoisotopic (exact) mass is 562 g/mol. The van der Waals surface area contributed by atoms with E-state index in [0.717, 1.165) is 28.7 Å². The Balaban J connectivity index is 1.42. The maximum Gasteiger partial charge on any atom is 0.407 e. The average molecular weight is 563 g/mol. The van der Waals surface area contributed by atoms with E-state index in [-0.39, 0.29) is 25.3 Å². The highest BCUT2D eigenvalue weighted by Gasteiger charge is 2.22. The minimum Gasteiger partial charge on any atom is -0.445 e. The molecular formula is C36H38N2O4. The molecule has 216 valence electrons. The van der Waals surface area contributed by atoms with Gasteiger partial charge in [0.15, 0.2) is 0 Å². The molecule has 0 aliphatic carbocycles. The van der Waals surface area contributed by atoms with Gasteiger partial charge >= 0.3 is 12.2 Å². The Labute approximate surface area is 248 Å². The van der Waals surface area contributed by atoms with Crippen molar-refractivity contribution in [3.63, 3.8) is 0 Å². The minimum absolute atomic E-state index is 0.177. The fourth-order valence-electron chi connectivity index (χ4n) is 4.70. The van der Waals surface area contributed by atoms with Crippen molar-refractivity contribution >= 4 is 12.2 Å². The van der Waals surface area contributed by atoms with Gasteiger partial charge in [-0.15, -0.1) is 0 Å². The van der Waals surface area contributed by atoms with E-state index in [4.69, 9.17) is 9.47 Å². The lowest BCUT2D eigenvalue weighted by Gasteiger charge is -2.26. The molecule has 2 atom stereocenters. The number of aryl methyl sites for hydroxylation is 1. The first kappa shape index (κ1) is 30.1. The van der Waals surface area contributed by atoms with E-state index >= 15 is 0 Å². The first-order valence-corrected chi connectivity index (χ1v) is 14.2. The molecule has 0 aliphatic rings. The predicted molar refractivity (Wildman–Crippen MR) is 166 cm³/mol. The topological polar surface area (TPSA) is 76.7 Å². The van der Waals surface area contributed by atoms with Crippen LogP contribution in [0.4, 0.5) is 9.59 Å². The van der Waals surface area contributed by atoms with Crippen molar-refractivity contribution in [1.29, 1.82) is 0 Å². The van der Waals surface area contributed by atoms with E-state index < -0.39 is 12.2 Å². The molecular weight excluding hydrogens is 524 g/mol. The number of hydrogen-bond donors (Lipinski definition) is 2. The molecule has 4 rings (SSSR count). The van der Waals surface area contributed by atoms with E-state index in [1.54, 1.807) is 0 Å². The number of nitrogens with one attached hydrogen (secondary N) is 2. The highest BCUT2D eigenvalue weighted by atomic mass is 16.6. The van der Waals surface area contributed by atoms with Gasteiger partial charge in [0.1, 0.15) is 13.2 Å². The van der Waals surface area contributed by atoms with Crippen LogP contribution in [-0.4, -0.2) is 24.3 Å². The maximum atomic E-state index is 12.9. The lowest BCUT2D eigenvalue weighted by atomic mass is 9.92. The van der Waals surface area contributed by atoms with Crippen molar-refractivity contribution < 1.29 is 19.1 Å². The van der Waals surface area contributed by atoms with Crippen LogP contribution in [0.3, 0.4) is 0 Å². The Kier molecular flexibility index (Phi) is 11.8. The summed E-state index contributed by atoms with van der Waals surface area (Å²) in [5.74, 6) is 0. The molecule has 2 unspecified atom stereocenters. The van der Waals surface area contributed by atoms with Crippen molar-refractivity contribution in [3.05, 3.63) is 156 Å². The second-order valence-corrected chi connectivity index (χ2v) is 10.2. The number of benzene rings is 4. The molecule has 0 spiro atoms. The Morgan fingerprint density at radius 3 is 1.52 bits per heavy atom. The third-order valence-corrected chi connectivity index (χ3v) is 6.93. The third-order valence-electron chi connectivity index (χ3n) is 6.93. The van der Waals surface area contributed by atoms with Crippen molar-refractivity contribution in [3.8, 4) is 0 Å². The molecule has 0 aliphatic heterocycles. The number of carbonyl (C=O) groups excluding carboxylic acids is 2.